The molecule has 0 saturated carbocycles. The van der Waals surface area contributed by atoms with Crippen molar-refractivity contribution in [1.29, 1.82) is 0 Å². The van der Waals surface area contributed by atoms with Crippen molar-refractivity contribution in [2.24, 2.45) is 0 Å². The van der Waals surface area contributed by atoms with Crippen molar-refractivity contribution in [3.63, 3.8) is 0 Å². The Labute approximate surface area is 200 Å². The Hall–Kier alpha value is -2.24. The second-order valence-corrected chi connectivity index (χ2v) is 9.52. The van der Waals surface area contributed by atoms with Gasteiger partial charge in [0.25, 0.3) is 0 Å². The molecular weight excluding hydrogens is 447 g/mol. The molecule has 0 fully saturated rings. The summed E-state index contributed by atoms with van der Waals surface area (Å²) in [5, 5.41) is 6.68. The Bertz CT molecular complexity index is 908. The van der Waals surface area contributed by atoms with Gasteiger partial charge in [0.1, 0.15) is 11.6 Å². The molecule has 2 N–H and O–H groups in total. The third-order valence-corrected chi connectivity index (χ3v) is 5.51. The quantitative estimate of drug-likeness (QED) is 0.437. The highest BCUT2D eigenvalue weighted by atomic mass is 35.5. The predicted molar refractivity (Wildman–Crippen MR) is 131 cm³/mol. The number of benzene rings is 2. The minimum Gasteiger partial charge on any atom is -0.444 e. The van der Waals surface area contributed by atoms with Gasteiger partial charge >= 0.3 is 6.09 Å². The summed E-state index contributed by atoms with van der Waals surface area (Å²) in [7, 11) is 0. The molecular formula is C25H32Cl2N2O3. The lowest BCUT2D eigenvalue weighted by molar-refractivity contribution is -0.123. The molecule has 0 bridgehead atoms. The SMILES string of the molecule is CCCC[C@H](NC(=O)OC(C)(C)C)C(=O)NCCc1ccc(-c2ccc(Cl)c(Cl)c2)cc1. The van der Waals surface area contributed by atoms with Gasteiger partial charge in [-0.25, -0.2) is 4.79 Å². The summed E-state index contributed by atoms with van der Waals surface area (Å²) in [6.45, 7) is 7.90. The number of carbonyl (C=O) groups is 2. The third-order valence-electron chi connectivity index (χ3n) is 4.77. The van der Waals surface area contributed by atoms with Gasteiger partial charge in [0, 0.05) is 6.54 Å². The number of nitrogens with one attached hydrogen (secondary N) is 2. The number of rotatable bonds is 9. The van der Waals surface area contributed by atoms with Crippen LogP contribution in [0, 0.1) is 0 Å². The molecule has 0 spiro atoms. The molecule has 0 aliphatic rings. The van der Waals surface area contributed by atoms with Crippen LogP contribution in [0.1, 0.15) is 52.5 Å². The van der Waals surface area contributed by atoms with Crippen molar-refractivity contribution < 1.29 is 14.3 Å². The van der Waals surface area contributed by atoms with E-state index in [0.29, 0.717) is 29.4 Å². The molecule has 0 radical (unpaired) electrons. The minimum atomic E-state index is -0.612. The molecule has 2 amide bonds. The van der Waals surface area contributed by atoms with Gasteiger partial charge in [0.15, 0.2) is 0 Å². The Balaban J connectivity index is 1.89. The molecule has 2 aromatic carbocycles. The predicted octanol–water partition coefficient (Wildman–Crippen LogP) is 6.40. The second kappa shape index (κ2) is 12.1. The molecule has 5 nitrogen and oxygen atoms in total. The molecule has 2 aromatic rings. The molecule has 0 heterocycles. The minimum absolute atomic E-state index is 0.197. The van der Waals surface area contributed by atoms with E-state index in [1.807, 2.05) is 43.3 Å². The number of ether oxygens (including phenoxy) is 1. The lowest BCUT2D eigenvalue weighted by Crippen LogP contribution is -2.48. The molecule has 7 heteroatoms. The Kier molecular flexibility index (Phi) is 9.85. The van der Waals surface area contributed by atoms with E-state index < -0.39 is 17.7 Å². The Morgan fingerprint density at radius 3 is 2.25 bits per heavy atom. The standard InChI is InChI=1S/C25H32Cl2N2O3/c1-5-6-7-22(29-24(31)32-25(2,3)4)23(30)28-15-14-17-8-10-18(11-9-17)19-12-13-20(26)21(27)16-19/h8-13,16,22H,5-7,14-15H2,1-4H3,(H,28,30)(H,29,31)/t22-/m0/s1. The van der Waals surface area contributed by atoms with Crippen LogP contribution in [0.4, 0.5) is 4.79 Å². The monoisotopic (exact) mass is 478 g/mol. The van der Waals surface area contributed by atoms with Gasteiger partial charge in [-0.15, -0.1) is 0 Å². The van der Waals surface area contributed by atoms with Crippen molar-refractivity contribution >= 4 is 35.2 Å². The van der Waals surface area contributed by atoms with E-state index in [1.54, 1.807) is 26.8 Å². The maximum atomic E-state index is 12.6. The first-order chi connectivity index (χ1) is 15.1. The van der Waals surface area contributed by atoms with Crippen LogP contribution in [-0.2, 0) is 16.0 Å². The van der Waals surface area contributed by atoms with Crippen LogP contribution in [0.2, 0.25) is 10.0 Å². The van der Waals surface area contributed by atoms with Crippen LogP contribution in [-0.4, -0.2) is 30.2 Å². The summed E-state index contributed by atoms with van der Waals surface area (Å²) in [5.74, 6) is -0.197. The van der Waals surface area contributed by atoms with Crippen LogP contribution in [0.3, 0.4) is 0 Å². The van der Waals surface area contributed by atoms with E-state index in [-0.39, 0.29) is 5.91 Å². The zero-order valence-electron chi connectivity index (χ0n) is 19.1. The molecule has 0 aliphatic heterocycles. The first-order valence-electron chi connectivity index (χ1n) is 10.9. The Morgan fingerprint density at radius 2 is 1.66 bits per heavy atom. The first-order valence-corrected chi connectivity index (χ1v) is 11.7. The fraction of sp³-hybridized carbons (Fsp3) is 0.440. The number of alkyl carbamates (subject to hydrolysis) is 1. The number of hydrogen-bond acceptors (Lipinski definition) is 3. The fourth-order valence-corrected chi connectivity index (χ4v) is 3.42. The smallest absolute Gasteiger partial charge is 0.408 e. The van der Waals surface area contributed by atoms with Crippen molar-refractivity contribution in [1.82, 2.24) is 10.6 Å². The van der Waals surface area contributed by atoms with E-state index in [4.69, 9.17) is 27.9 Å². The highest BCUT2D eigenvalue weighted by Crippen LogP contribution is 2.28. The molecule has 0 unspecified atom stereocenters. The lowest BCUT2D eigenvalue weighted by Gasteiger charge is -2.23. The average molecular weight is 479 g/mol. The van der Waals surface area contributed by atoms with E-state index in [9.17, 15) is 9.59 Å². The molecule has 2 rings (SSSR count). The number of halogens is 2. The van der Waals surface area contributed by atoms with Crippen LogP contribution in [0.5, 0.6) is 0 Å². The highest BCUT2D eigenvalue weighted by Gasteiger charge is 2.23. The molecule has 0 aliphatic carbocycles. The highest BCUT2D eigenvalue weighted by molar-refractivity contribution is 6.42. The van der Waals surface area contributed by atoms with E-state index in [0.717, 1.165) is 29.5 Å². The zero-order valence-corrected chi connectivity index (χ0v) is 20.6. The summed E-state index contributed by atoms with van der Waals surface area (Å²) in [5.41, 5.74) is 2.52. The molecule has 32 heavy (non-hydrogen) atoms. The summed E-state index contributed by atoms with van der Waals surface area (Å²) >= 11 is 12.1. The van der Waals surface area contributed by atoms with Crippen LogP contribution < -0.4 is 10.6 Å². The summed E-state index contributed by atoms with van der Waals surface area (Å²) < 4.78 is 5.29. The van der Waals surface area contributed by atoms with Gasteiger partial charge in [-0.3, -0.25) is 4.79 Å². The molecule has 0 aromatic heterocycles. The van der Waals surface area contributed by atoms with Gasteiger partial charge in [0.2, 0.25) is 5.91 Å². The zero-order chi connectivity index (χ0) is 23.7. The topological polar surface area (TPSA) is 67.4 Å². The number of unbranched alkanes of at least 4 members (excludes halogenated alkanes) is 1. The van der Waals surface area contributed by atoms with Gasteiger partial charge < -0.3 is 15.4 Å². The lowest BCUT2D eigenvalue weighted by atomic mass is 10.0. The van der Waals surface area contributed by atoms with E-state index >= 15 is 0 Å². The molecule has 0 saturated heterocycles. The number of carbonyl (C=O) groups excluding carboxylic acids is 2. The fourth-order valence-electron chi connectivity index (χ4n) is 3.12. The van der Waals surface area contributed by atoms with E-state index in [2.05, 4.69) is 10.6 Å². The maximum Gasteiger partial charge on any atom is 0.408 e. The van der Waals surface area contributed by atoms with Gasteiger partial charge in [-0.1, -0.05) is 73.3 Å². The summed E-state index contributed by atoms with van der Waals surface area (Å²) in [4.78, 5) is 24.7. The summed E-state index contributed by atoms with van der Waals surface area (Å²) in [6.07, 6.45) is 2.45. The van der Waals surface area contributed by atoms with Crippen molar-refractivity contribution in [2.75, 3.05) is 6.54 Å². The van der Waals surface area contributed by atoms with Gasteiger partial charge in [-0.2, -0.15) is 0 Å². The number of amides is 2. The normalized spacial score (nSPS) is 12.2. The van der Waals surface area contributed by atoms with Crippen molar-refractivity contribution in [3.8, 4) is 11.1 Å². The summed E-state index contributed by atoms with van der Waals surface area (Å²) in [6, 6.07) is 13.0. The van der Waals surface area contributed by atoms with Crippen molar-refractivity contribution in [2.45, 2.75) is 65.0 Å². The average Bonchev–Trinajstić information content (AvgIpc) is 2.72. The largest absolute Gasteiger partial charge is 0.444 e. The first kappa shape index (κ1) is 26.0. The third kappa shape index (κ3) is 8.71. The Morgan fingerprint density at radius 1 is 1.00 bits per heavy atom. The van der Waals surface area contributed by atoms with E-state index in [1.165, 1.54) is 0 Å². The van der Waals surface area contributed by atoms with Crippen molar-refractivity contribution in [3.05, 3.63) is 58.1 Å². The van der Waals surface area contributed by atoms with Crippen LogP contribution >= 0.6 is 23.2 Å². The van der Waals surface area contributed by atoms with Crippen LogP contribution in [0.15, 0.2) is 42.5 Å². The molecule has 1 atom stereocenters. The van der Waals surface area contributed by atoms with Crippen LogP contribution in [0.25, 0.3) is 11.1 Å². The second-order valence-electron chi connectivity index (χ2n) is 8.71. The maximum absolute atomic E-state index is 12.6. The number of hydrogen-bond donors (Lipinski definition) is 2. The van der Waals surface area contributed by atoms with Gasteiger partial charge in [0.05, 0.1) is 10.0 Å². The van der Waals surface area contributed by atoms with Gasteiger partial charge in [-0.05, 0) is 62.4 Å². The molecule has 174 valence electrons.